The third kappa shape index (κ3) is 5.04. The Kier molecular flexibility index (Phi) is 6.35. The second-order valence-corrected chi connectivity index (χ2v) is 8.56. The Labute approximate surface area is 188 Å². The summed E-state index contributed by atoms with van der Waals surface area (Å²) >= 11 is 0. The molecule has 0 radical (unpaired) electrons. The minimum atomic E-state index is -0.106. The zero-order chi connectivity index (χ0) is 22.7. The summed E-state index contributed by atoms with van der Waals surface area (Å²) in [6, 6.07) is 13.5. The number of amides is 2. The number of hydrogen-bond acceptors (Lipinski definition) is 4. The molecule has 0 aliphatic carbocycles. The molecule has 2 aromatic heterocycles. The van der Waals surface area contributed by atoms with Gasteiger partial charge in [0.2, 0.25) is 5.91 Å². The van der Waals surface area contributed by atoms with Crippen molar-refractivity contribution in [3.63, 3.8) is 0 Å². The summed E-state index contributed by atoms with van der Waals surface area (Å²) in [7, 11) is 0. The molecule has 1 saturated heterocycles. The predicted molar refractivity (Wildman–Crippen MR) is 123 cm³/mol. The summed E-state index contributed by atoms with van der Waals surface area (Å²) in [5, 5.41) is 7.38. The SMILES string of the molecule is Cc1ccc(NC(=O)C2CCN(C(=O)c3ccc(Cn4nc(C)cc4C)cc3)CC2)nc1. The van der Waals surface area contributed by atoms with Crippen LogP contribution < -0.4 is 5.32 Å². The van der Waals surface area contributed by atoms with Crippen LogP contribution in [0.2, 0.25) is 0 Å². The molecule has 0 saturated carbocycles. The van der Waals surface area contributed by atoms with Crippen LogP contribution in [0.15, 0.2) is 48.7 Å². The lowest BCUT2D eigenvalue weighted by Gasteiger charge is -2.31. The number of piperidine rings is 1. The normalized spacial score (nSPS) is 14.4. The van der Waals surface area contributed by atoms with Crippen molar-refractivity contribution in [1.82, 2.24) is 19.7 Å². The van der Waals surface area contributed by atoms with Crippen LogP contribution in [0.3, 0.4) is 0 Å². The third-order valence-corrected chi connectivity index (χ3v) is 5.95. The van der Waals surface area contributed by atoms with Crippen molar-refractivity contribution in [3.05, 3.63) is 76.7 Å². The van der Waals surface area contributed by atoms with E-state index in [2.05, 4.69) is 21.5 Å². The average Bonchev–Trinajstić information content (AvgIpc) is 3.12. The topological polar surface area (TPSA) is 80.1 Å². The van der Waals surface area contributed by atoms with Crippen LogP contribution in [0.25, 0.3) is 0 Å². The number of hydrogen-bond donors (Lipinski definition) is 1. The molecule has 0 spiro atoms. The van der Waals surface area contributed by atoms with Gasteiger partial charge in [0.05, 0.1) is 12.2 Å². The monoisotopic (exact) mass is 431 g/mol. The van der Waals surface area contributed by atoms with Crippen molar-refractivity contribution in [2.24, 2.45) is 5.92 Å². The number of aryl methyl sites for hydroxylation is 3. The summed E-state index contributed by atoms with van der Waals surface area (Å²) in [5.41, 5.74) is 4.95. The van der Waals surface area contributed by atoms with Crippen LogP contribution in [0.5, 0.6) is 0 Å². The molecule has 3 heterocycles. The van der Waals surface area contributed by atoms with E-state index in [0.29, 0.717) is 43.9 Å². The molecule has 1 aliphatic heterocycles. The number of benzene rings is 1. The number of pyridine rings is 1. The first-order valence-electron chi connectivity index (χ1n) is 11.0. The fourth-order valence-corrected chi connectivity index (χ4v) is 4.06. The largest absolute Gasteiger partial charge is 0.339 e. The first-order valence-corrected chi connectivity index (χ1v) is 11.0. The Hall–Kier alpha value is -3.48. The molecule has 4 rings (SSSR count). The lowest BCUT2D eigenvalue weighted by Crippen LogP contribution is -2.41. The molecule has 7 nitrogen and oxygen atoms in total. The summed E-state index contributed by atoms with van der Waals surface area (Å²) in [4.78, 5) is 31.5. The molecule has 1 aliphatic rings. The van der Waals surface area contributed by atoms with Gasteiger partial charge < -0.3 is 10.2 Å². The van der Waals surface area contributed by atoms with E-state index in [4.69, 9.17) is 0 Å². The quantitative estimate of drug-likeness (QED) is 0.667. The maximum absolute atomic E-state index is 12.9. The fourth-order valence-electron chi connectivity index (χ4n) is 4.06. The second kappa shape index (κ2) is 9.34. The number of carbonyl (C=O) groups excluding carboxylic acids is 2. The molecule has 2 amide bonds. The first-order chi connectivity index (χ1) is 15.4. The molecule has 166 valence electrons. The van der Waals surface area contributed by atoms with Gasteiger partial charge in [-0.15, -0.1) is 0 Å². The molecule has 0 unspecified atom stereocenters. The molecule has 32 heavy (non-hydrogen) atoms. The van der Waals surface area contributed by atoms with Gasteiger partial charge in [-0.2, -0.15) is 5.10 Å². The smallest absolute Gasteiger partial charge is 0.253 e. The van der Waals surface area contributed by atoms with Crippen LogP contribution in [0, 0.1) is 26.7 Å². The van der Waals surface area contributed by atoms with E-state index in [9.17, 15) is 9.59 Å². The Morgan fingerprint density at radius 2 is 1.75 bits per heavy atom. The first kappa shape index (κ1) is 21.7. The van der Waals surface area contributed by atoms with Crippen LogP contribution >= 0.6 is 0 Å². The van der Waals surface area contributed by atoms with Gasteiger partial charge >= 0.3 is 0 Å². The molecule has 1 N–H and O–H groups in total. The number of nitrogens with one attached hydrogen (secondary N) is 1. The zero-order valence-electron chi connectivity index (χ0n) is 18.8. The summed E-state index contributed by atoms with van der Waals surface area (Å²) in [6.45, 7) is 7.82. The van der Waals surface area contributed by atoms with Gasteiger partial charge in [0.25, 0.3) is 5.91 Å². The van der Waals surface area contributed by atoms with Gasteiger partial charge in [0.15, 0.2) is 0 Å². The van der Waals surface area contributed by atoms with Gasteiger partial charge in [-0.05, 0) is 69.0 Å². The molecular weight excluding hydrogens is 402 g/mol. The number of carbonyl (C=O) groups is 2. The maximum Gasteiger partial charge on any atom is 0.253 e. The van der Waals surface area contributed by atoms with Crippen LogP contribution in [0.1, 0.15) is 45.7 Å². The number of likely N-dealkylation sites (tertiary alicyclic amines) is 1. The highest BCUT2D eigenvalue weighted by Gasteiger charge is 2.28. The predicted octanol–water partition coefficient (Wildman–Crippen LogP) is 3.74. The molecule has 3 aromatic rings. The molecule has 7 heteroatoms. The van der Waals surface area contributed by atoms with Crippen molar-refractivity contribution in [2.75, 3.05) is 18.4 Å². The van der Waals surface area contributed by atoms with E-state index in [0.717, 1.165) is 22.5 Å². The second-order valence-electron chi connectivity index (χ2n) is 8.56. The van der Waals surface area contributed by atoms with Crippen molar-refractivity contribution >= 4 is 17.6 Å². The Morgan fingerprint density at radius 3 is 2.34 bits per heavy atom. The number of nitrogens with zero attached hydrogens (tertiary/aromatic N) is 4. The number of anilines is 1. The summed E-state index contributed by atoms with van der Waals surface area (Å²) in [5.74, 6) is 0.452. The molecule has 1 aromatic carbocycles. The van der Waals surface area contributed by atoms with Gasteiger partial charge in [-0.1, -0.05) is 18.2 Å². The summed E-state index contributed by atoms with van der Waals surface area (Å²) < 4.78 is 1.97. The van der Waals surface area contributed by atoms with E-state index < -0.39 is 0 Å². The molecule has 0 atom stereocenters. The maximum atomic E-state index is 12.9. The van der Waals surface area contributed by atoms with Gasteiger partial charge in [0.1, 0.15) is 5.82 Å². The van der Waals surface area contributed by atoms with Gasteiger partial charge in [-0.25, -0.2) is 4.98 Å². The lowest BCUT2D eigenvalue weighted by molar-refractivity contribution is -0.121. The zero-order valence-corrected chi connectivity index (χ0v) is 18.8. The van der Waals surface area contributed by atoms with Crippen molar-refractivity contribution in [2.45, 2.75) is 40.2 Å². The van der Waals surface area contributed by atoms with Gasteiger partial charge in [-0.3, -0.25) is 14.3 Å². The Balaban J connectivity index is 1.30. The highest BCUT2D eigenvalue weighted by molar-refractivity contribution is 5.95. The van der Waals surface area contributed by atoms with Crippen LogP contribution in [0.4, 0.5) is 5.82 Å². The minimum Gasteiger partial charge on any atom is -0.339 e. The standard InChI is InChI=1S/C25H29N5O2/c1-17-4-9-23(26-15-17)27-24(31)21-10-12-29(13-11-21)25(32)22-7-5-20(6-8-22)16-30-19(3)14-18(2)28-30/h4-9,14-15,21H,10-13,16H2,1-3H3,(H,26,27,31). The van der Waals surface area contributed by atoms with E-state index >= 15 is 0 Å². The van der Waals surface area contributed by atoms with Gasteiger partial charge in [0, 0.05) is 36.5 Å². The van der Waals surface area contributed by atoms with Crippen LogP contribution in [-0.2, 0) is 11.3 Å². The minimum absolute atomic E-state index is 0.0155. The Morgan fingerprint density at radius 1 is 1.03 bits per heavy atom. The number of rotatable bonds is 5. The van der Waals surface area contributed by atoms with E-state index in [1.165, 1.54) is 0 Å². The molecule has 1 fully saturated rings. The van der Waals surface area contributed by atoms with Crippen molar-refractivity contribution in [3.8, 4) is 0 Å². The highest BCUT2D eigenvalue weighted by atomic mass is 16.2. The highest BCUT2D eigenvalue weighted by Crippen LogP contribution is 2.21. The van der Waals surface area contributed by atoms with Crippen LogP contribution in [-0.4, -0.2) is 44.6 Å². The van der Waals surface area contributed by atoms with Crippen molar-refractivity contribution in [1.29, 1.82) is 0 Å². The third-order valence-electron chi connectivity index (χ3n) is 5.95. The van der Waals surface area contributed by atoms with Crippen molar-refractivity contribution < 1.29 is 9.59 Å². The molecule has 0 bridgehead atoms. The summed E-state index contributed by atoms with van der Waals surface area (Å²) in [6.07, 6.45) is 3.04. The number of aromatic nitrogens is 3. The van der Waals surface area contributed by atoms with E-state index in [1.807, 2.05) is 66.8 Å². The van der Waals surface area contributed by atoms with E-state index in [-0.39, 0.29) is 17.7 Å². The Bertz CT molecular complexity index is 1090. The fraction of sp³-hybridized carbons (Fsp3) is 0.360. The average molecular weight is 432 g/mol. The molecular formula is C25H29N5O2. The lowest BCUT2D eigenvalue weighted by atomic mass is 9.95. The van der Waals surface area contributed by atoms with E-state index in [1.54, 1.807) is 6.20 Å².